The minimum absolute atomic E-state index is 0.188. The van der Waals surface area contributed by atoms with E-state index in [9.17, 15) is 5.11 Å². The lowest BCUT2D eigenvalue weighted by atomic mass is 9.55. The third-order valence-corrected chi connectivity index (χ3v) is 6.54. The van der Waals surface area contributed by atoms with E-state index in [1.165, 1.54) is 56.5 Å². The summed E-state index contributed by atoms with van der Waals surface area (Å²) in [4.78, 5) is 2.72. The lowest BCUT2D eigenvalue weighted by Crippen LogP contribution is -2.54. The van der Waals surface area contributed by atoms with Crippen LogP contribution in [0.3, 0.4) is 0 Å². The Morgan fingerprint density at radius 3 is 2.91 bits per heavy atom. The molecule has 2 heteroatoms. The molecular formula is C21H29NO. The van der Waals surface area contributed by atoms with Gasteiger partial charge in [0.1, 0.15) is 5.75 Å². The van der Waals surface area contributed by atoms with Gasteiger partial charge >= 0.3 is 0 Å². The van der Waals surface area contributed by atoms with Gasteiger partial charge < -0.3 is 10.0 Å². The molecule has 1 aromatic rings. The van der Waals surface area contributed by atoms with E-state index in [1.807, 2.05) is 12.1 Å². The zero-order valence-corrected chi connectivity index (χ0v) is 14.3. The Morgan fingerprint density at radius 2 is 2.17 bits per heavy atom. The van der Waals surface area contributed by atoms with Crippen LogP contribution in [0.2, 0.25) is 0 Å². The maximum Gasteiger partial charge on any atom is 0.115 e. The van der Waals surface area contributed by atoms with Crippen molar-refractivity contribution in [1.29, 1.82) is 0 Å². The molecule has 0 aromatic heterocycles. The molecule has 1 aliphatic heterocycles. The number of allylic oxidation sites excluding steroid dienone is 1. The van der Waals surface area contributed by atoms with Gasteiger partial charge in [-0.05, 0) is 74.1 Å². The first kappa shape index (κ1) is 15.3. The normalized spacial score (nSPS) is 35.1. The van der Waals surface area contributed by atoms with Gasteiger partial charge in [0, 0.05) is 18.5 Å². The predicted molar refractivity (Wildman–Crippen MR) is 94.6 cm³/mol. The monoisotopic (exact) mass is 311 g/mol. The Bertz CT molecular complexity index is 606. The number of phenolic OH excluding ortho intramolecular Hbond substituents is 1. The molecule has 1 aromatic carbocycles. The molecule has 3 fully saturated rings. The first-order valence-electron chi connectivity index (χ1n) is 9.25. The zero-order valence-electron chi connectivity index (χ0n) is 14.3. The molecule has 0 amide bonds. The third kappa shape index (κ3) is 2.82. The van der Waals surface area contributed by atoms with Crippen LogP contribution in [0.4, 0.5) is 0 Å². The van der Waals surface area contributed by atoms with Crippen molar-refractivity contribution >= 4 is 0 Å². The Morgan fingerprint density at radius 1 is 1.35 bits per heavy atom. The molecule has 1 N–H and O–H groups in total. The molecule has 4 rings (SSSR count). The summed E-state index contributed by atoms with van der Waals surface area (Å²) in [5, 5.41) is 10.0. The molecule has 0 spiro atoms. The number of fused-ring (bicyclic) bond motifs is 1. The second kappa shape index (κ2) is 5.66. The van der Waals surface area contributed by atoms with E-state index in [-0.39, 0.29) is 5.41 Å². The summed E-state index contributed by atoms with van der Waals surface area (Å²) >= 11 is 0. The van der Waals surface area contributed by atoms with Crippen LogP contribution in [0.5, 0.6) is 5.75 Å². The van der Waals surface area contributed by atoms with E-state index >= 15 is 0 Å². The molecule has 2 nitrogen and oxygen atoms in total. The highest BCUT2D eigenvalue weighted by Gasteiger charge is 2.49. The van der Waals surface area contributed by atoms with Gasteiger partial charge in [-0.15, -0.1) is 0 Å². The number of rotatable bonds is 3. The van der Waals surface area contributed by atoms with Crippen molar-refractivity contribution in [2.75, 3.05) is 19.6 Å². The summed E-state index contributed by atoms with van der Waals surface area (Å²) in [5.74, 6) is 2.74. The molecule has 23 heavy (non-hydrogen) atoms. The summed E-state index contributed by atoms with van der Waals surface area (Å²) in [5.41, 5.74) is 2.92. The van der Waals surface area contributed by atoms with Gasteiger partial charge in [-0.2, -0.15) is 0 Å². The molecule has 0 radical (unpaired) electrons. The Kier molecular flexibility index (Phi) is 3.76. The third-order valence-electron chi connectivity index (χ3n) is 6.54. The van der Waals surface area contributed by atoms with Gasteiger partial charge in [0.2, 0.25) is 0 Å². The van der Waals surface area contributed by atoms with Crippen LogP contribution in [0.15, 0.2) is 36.4 Å². The lowest BCUT2D eigenvalue weighted by Gasteiger charge is -2.54. The van der Waals surface area contributed by atoms with Crippen molar-refractivity contribution < 1.29 is 5.11 Å². The summed E-state index contributed by atoms with van der Waals surface area (Å²) in [6.45, 7) is 10.5. The van der Waals surface area contributed by atoms with Crippen LogP contribution >= 0.6 is 0 Å². The van der Waals surface area contributed by atoms with Crippen LogP contribution in [-0.4, -0.2) is 29.6 Å². The van der Waals surface area contributed by atoms with Crippen molar-refractivity contribution in [2.45, 2.75) is 44.4 Å². The number of aromatic hydroxyl groups is 1. The molecule has 124 valence electrons. The Labute approximate surface area is 140 Å². The molecule has 2 saturated carbocycles. The second-order valence-electron chi connectivity index (χ2n) is 8.37. The van der Waals surface area contributed by atoms with Crippen LogP contribution in [-0.2, 0) is 5.41 Å². The van der Waals surface area contributed by atoms with Gasteiger partial charge in [0.05, 0.1) is 0 Å². The number of phenols is 1. The Hall–Kier alpha value is -1.28. The van der Waals surface area contributed by atoms with Gasteiger partial charge in [0.15, 0.2) is 0 Å². The van der Waals surface area contributed by atoms with E-state index in [2.05, 4.69) is 24.5 Å². The quantitative estimate of drug-likeness (QED) is 0.839. The highest BCUT2D eigenvalue weighted by Crippen LogP contribution is 2.53. The molecule has 1 heterocycles. The van der Waals surface area contributed by atoms with Gasteiger partial charge in [-0.1, -0.05) is 31.2 Å². The van der Waals surface area contributed by atoms with E-state index in [1.54, 1.807) is 6.07 Å². The molecule has 1 unspecified atom stereocenters. The average Bonchev–Trinajstić information content (AvgIpc) is 3.32. The summed E-state index contributed by atoms with van der Waals surface area (Å²) in [6.07, 6.45) is 6.35. The number of likely N-dealkylation sites (tertiary alicyclic amines) is 1. The predicted octanol–water partition coefficient (Wildman–Crippen LogP) is 4.35. The SMILES string of the molecule is C=C1C[C@H](C)[C@H]2CN(CC3CC3)CCC2(c2cccc(O)c2)C1. The first-order valence-corrected chi connectivity index (χ1v) is 9.25. The number of hydrogen-bond donors (Lipinski definition) is 1. The standard InChI is InChI=1S/C21H29NO/c1-15-10-16(2)20-14-22(13-17-6-7-17)9-8-21(20,12-15)18-4-3-5-19(23)11-18/h3-5,11,16-17,20,23H,1,6-10,12-14H2,2H3/t16-,20+,21?/m0/s1. The molecular weight excluding hydrogens is 282 g/mol. The van der Waals surface area contributed by atoms with Crippen molar-refractivity contribution in [3.63, 3.8) is 0 Å². The summed E-state index contributed by atoms with van der Waals surface area (Å²) in [7, 11) is 0. The van der Waals surface area contributed by atoms with Crippen LogP contribution in [0, 0.1) is 17.8 Å². The highest BCUT2D eigenvalue weighted by molar-refractivity contribution is 5.37. The van der Waals surface area contributed by atoms with Crippen molar-refractivity contribution in [3.8, 4) is 5.75 Å². The zero-order chi connectivity index (χ0) is 16.0. The fourth-order valence-corrected chi connectivity index (χ4v) is 5.25. The molecule has 0 bridgehead atoms. The van der Waals surface area contributed by atoms with Crippen molar-refractivity contribution in [2.24, 2.45) is 17.8 Å². The largest absolute Gasteiger partial charge is 0.508 e. The number of nitrogens with zero attached hydrogens (tertiary/aromatic N) is 1. The topological polar surface area (TPSA) is 23.5 Å². The van der Waals surface area contributed by atoms with Crippen molar-refractivity contribution in [1.82, 2.24) is 4.90 Å². The van der Waals surface area contributed by atoms with E-state index in [0.29, 0.717) is 17.6 Å². The fourth-order valence-electron chi connectivity index (χ4n) is 5.25. The summed E-state index contributed by atoms with van der Waals surface area (Å²) in [6, 6.07) is 8.04. The minimum Gasteiger partial charge on any atom is -0.508 e. The van der Waals surface area contributed by atoms with Crippen LogP contribution < -0.4 is 0 Å². The summed E-state index contributed by atoms with van der Waals surface area (Å²) < 4.78 is 0. The van der Waals surface area contributed by atoms with E-state index in [4.69, 9.17) is 0 Å². The lowest BCUT2D eigenvalue weighted by molar-refractivity contribution is 0.0374. The van der Waals surface area contributed by atoms with Crippen LogP contribution in [0.25, 0.3) is 0 Å². The van der Waals surface area contributed by atoms with Crippen LogP contribution in [0.1, 0.15) is 44.6 Å². The molecule has 2 aliphatic carbocycles. The Balaban J connectivity index is 1.66. The highest BCUT2D eigenvalue weighted by atomic mass is 16.3. The van der Waals surface area contributed by atoms with Gasteiger partial charge in [-0.25, -0.2) is 0 Å². The first-order chi connectivity index (χ1) is 11.1. The average molecular weight is 311 g/mol. The second-order valence-corrected chi connectivity index (χ2v) is 8.37. The molecule has 3 atom stereocenters. The number of benzene rings is 1. The van der Waals surface area contributed by atoms with Crippen molar-refractivity contribution in [3.05, 3.63) is 42.0 Å². The maximum absolute atomic E-state index is 10.0. The smallest absolute Gasteiger partial charge is 0.115 e. The van der Waals surface area contributed by atoms with E-state index < -0.39 is 0 Å². The van der Waals surface area contributed by atoms with Gasteiger partial charge in [-0.3, -0.25) is 0 Å². The maximum atomic E-state index is 10.0. The number of piperidine rings is 1. The molecule has 3 aliphatic rings. The van der Waals surface area contributed by atoms with Gasteiger partial charge in [0.25, 0.3) is 0 Å². The fraction of sp³-hybridized carbons (Fsp3) is 0.619. The number of hydrogen-bond acceptors (Lipinski definition) is 2. The van der Waals surface area contributed by atoms with E-state index in [0.717, 1.165) is 12.3 Å². The molecule has 1 saturated heterocycles. The minimum atomic E-state index is 0.188.